The molecular weight excluding hydrogens is 334 g/mol. The summed E-state index contributed by atoms with van der Waals surface area (Å²) in [5, 5.41) is 3.67. The van der Waals surface area contributed by atoms with Gasteiger partial charge in [0.1, 0.15) is 0 Å². The number of para-hydroxylation sites is 1. The monoisotopic (exact) mass is 357 g/mol. The molecule has 0 unspecified atom stereocenters. The summed E-state index contributed by atoms with van der Waals surface area (Å²) in [5.41, 5.74) is 5.65. The number of carbonyl (C=O) groups excluding carboxylic acids is 1. The predicted octanol–water partition coefficient (Wildman–Crippen LogP) is 4.62. The maximum absolute atomic E-state index is 12.5. The van der Waals surface area contributed by atoms with Crippen molar-refractivity contribution in [1.82, 2.24) is 4.90 Å². The van der Waals surface area contributed by atoms with Gasteiger partial charge >= 0.3 is 6.03 Å². The van der Waals surface area contributed by atoms with E-state index in [4.69, 9.17) is 11.6 Å². The van der Waals surface area contributed by atoms with Crippen LogP contribution in [0.5, 0.6) is 0 Å². The summed E-state index contributed by atoms with van der Waals surface area (Å²) in [6, 6.07) is 11.8. The van der Waals surface area contributed by atoms with Gasteiger partial charge in [-0.3, -0.25) is 0 Å². The predicted molar refractivity (Wildman–Crippen MR) is 105 cm³/mol. The van der Waals surface area contributed by atoms with Crippen LogP contribution in [-0.2, 0) is 0 Å². The summed E-state index contributed by atoms with van der Waals surface area (Å²) < 4.78 is 0. The second-order valence-electron chi connectivity index (χ2n) is 6.60. The van der Waals surface area contributed by atoms with E-state index in [1.807, 2.05) is 24.0 Å². The molecule has 0 saturated carbocycles. The average molecular weight is 358 g/mol. The molecule has 0 aliphatic carbocycles. The molecule has 25 heavy (non-hydrogen) atoms. The number of piperazine rings is 1. The van der Waals surface area contributed by atoms with E-state index in [-0.39, 0.29) is 6.03 Å². The van der Waals surface area contributed by atoms with Crippen LogP contribution in [0.25, 0.3) is 0 Å². The number of halogens is 1. The van der Waals surface area contributed by atoms with E-state index < -0.39 is 0 Å². The third-order valence-electron chi connectivity index (χ3n) is 4.75. The van der Waals surface area contributed by atoms with Crippen LogP contribution in [0.15, 0.2) is 36.4 Å². The first-order valence-corrected chi connectivity index (χ1v) is 8.97. The Balaban J connectivity index is 1.63. The Labute approximate surface area is 154 Å². The van der Waals surface area contributed by atoms with Gasteiger partial charge in [-0.15, -0.1) is 0 Å². The minimum absolute atomic E-state index is 0.0495. The lowest BCUT2D eigenvalue weighted by molar-refractivity contribution is 0.208. The van der Waals surface area contributed by atoms with E-state index in [1.165, 1.54) is 16.8 Å². The number of nitrogens with zero attached hydrogens (tertiary/aromatic N) is 2. The van der Waals surface area contributed by atoms with Gasteiger partial charge < -0.3 is 15.1 Å². The third-order valence-corrected chi connectivity index (χ3v) is 4.99. The smallest absolute Gasteiger partial charge is 0.321 e. The van der Waals surface area contributed by atoms with E-state index in [9.17, 15) is 4.79 Å². The SMILES string of the molecule is Cc1cc(Cl)ccc1NC(=O)N1CCN(c2c(C)cccc2C)CC1. The first kappa shape index (κ1) is 17.6. The van der Waals surface area contributed by atoms with Gasteiger partial charge in [-0.2, -0.15) is 0 Å². The Morgan fingerprint density at radius 1 is 0.960 bits per heavy atom. The normalized spacial score (nSPS) is 14.6. The highest BCUT2D eigenvalue weighted by Crippen LogP contribution is 2.26. The molecule has 1 fully saturated rings. The lowest BCUT2D eigenvalue weighted by atomic mass is 10.1. The van der Waals surface area contributed by atoms with Gasteiger partial charge in [-0.25, -0.2) is 4.79 Å². The van der Waals surface area contributed by atoms with Crippen molar-refractivity contribution in [1.29, 1.82) is 0 Å². The number of hydrogen-bond donors (Lipinski definition) is 1. The Morgan fingerprint density at radius 2 is 1.60 bits per heavy atom. The first-order valence-electron chi connectivity index (χ1n) is 8.59. The maximum Gasteiger partial charge on any atom is 0.321 e. The van der Waals surface area contributed by atoms with Gasteiger partial charge in [0.05, 0.1) is 0 Å². The fourth-order valence-electron chi connectivity index (χ4n) is 3.40. The molecular formula is C20H24ClN3O. The number of benzene rings is 2. The standard InChI is InChI=1S/C20H24ClN3O/c1-14-5-4-6-15(2)19(14)23-9-11-24(12-10-23)20(25)22-18-8-7-17(21)13-16(18)3/h4-8,13H,9-12H2,1-3H3,(H,22,25). The van der Waals surface area contributed by atoms with Gasteiger partial charge in [0.2, 0.25) is 0 Å². The molecule has 1 heterocycles. The van der Waals surface area contributed by atoms with E-state index >= 15 is 0 Å². The molecule has 2 amide bonds. The molecule has 3 rings (SSSR count). The Hall–Kier alpha value is -2.20. The van der Waals surface area contributed by atoms with Crippen molar-refractivity contribution < 1.29 is 4.79 Å². The van der Waals surface area contributed by atoms with Crippen molar-refractivity contribution in [3.8, 4) is 0 Å². The Bertz CT molecular complexity index is 762. The summed E-state index contributed by atoms with van der Waals surface area (Å²) >= 11 is 5.97. The van der Waals surface area contributed by atoms with Crippen molar-refractivity contribution >= 4 is 29.0 Å². The third kappa shape index (κ3) is 3.90. The van der Waals surface area contributed by atoms with Gasteiger partial charge in [0.15, 0.2) is 0 Å². The minimum Gasteiger partial charge on any atom is -0.368 e. The number of aryl methyl sites for hydroxylation is 3. The molecule has 5 heteroatoms. The molecule has 0 bridgehead atoms. The van der Waals surface area contributed by atoms with Crippen LogP contribution in [0.3, 0.4) is 0 Å². The van der Waals surface area contributed by atoms with Crippen LogP contribution in [0.4, 0.5) is 16.2 Å². The summed E-state index contributed by atoms with van der Waals surface area (Å²) in [7, 11) is 0. The summed E-state index contributed by atoms with van der Waals surface area (Å²) in [5.74, 6) is 0. The highest BCUT2D eigenvalue weighted by atomic mass is 35.5. The van der Waals surface area contributed by atoms with Crippen molar-refractivity contribution in [2.45, 2.75) is 20.8 Å². The highest BCUT2D eigenvalue weighted by molar-refractivity contribution is 6.30. The number of urea groups is 1. The molecule has 0 aromatic heterocycles. The second kappa shape index (κ2) is 7.36. The number of hydrogen-bond acceptors (Lipinski definition) is 2. The van der Waals surface area contributed by atoms with Gasteiger partial charge in [-0.1, -0.05) is 29.8 Å². The molecule has 2 aromatic carbocycles. The van der Waals surface area contributed by atoms with Gasteiger partial charge in [0, 0.05) is 42.6 Å². The number of rotatable bonds is 2. The molecule has 2 aromatic rings. The molecule has 1 saturated heterocycles. The molecule has 4 nitrogen and oxygen atoms in total. The van der Waals surface area contributed by atoms with Crippen LogP contribution < -0.4 is 10.2 Å². The van der Waals surface area contributed by atoms with Crippen molar-refractivity contribution in [3.63, 3.8) is 0 Å². The topological polar surface area (TPSA) is 35.6 Å². The largest absolute Gasteiger partial charge is 0.368 e. The van der Waals surface area contributed by atoms with Crippen LogP contribution in [-0.4, -0.2) is 37.1 Å². The molecule has 0 radical (unpaired) electrons. The quantitative estimate of drug-likeness (QED) is 0.851. The highest BCUT2D eigenvalue weighted by Gasteiger charge is 2.23. The fraction of sp³-hybridized carbons (Fsp3) is 0.350. The van der Waals surface area contributed by atoms with Crippen LogP contribution >= 0.6 is 11.6 Å². The lowest BCUT2D eigenvalue weighted by Crippen LogP contribution is -2.50. The first-order chi connectivity index (χ1) is 12.0. The zero-order valence-electron chi connectivity index (χ0n) is 15.0. The molecule has 0 atom stereocenters. The lowest BCUT2D eigenvalue weighted by Gasteiger charge is -2.37. The van der Waals surface area contributed by atoms with Crippen LogP contribution in [0.1, 0.15) is 16.7 Å². The van der Waals surface area contributed by atoms with Gasteiger partial charge in [-0.05, 0) is 55.7 Å². The fourth-order valence-corrected chi connectivity index (χ4v) is 3.63. The van der Waals surface area contributed by atoms with E-state index in [2.05, 4.69) is 42.3 Å². The minimum atomic E-state index is -0.0495. The molecule has 132 valence electrons. The Morgan fingerprint density at radius 3 is 2.20 bits per heavy atom. The van der Waals surface area contributed by atoms with E-state index in [1.54, 1.807) is 6.07 Å². The van der Waals surface area contributed by atoms with Crippen molar-refractivity contribution in [3.05, 3.63) is 58.1 Å². The molecule has 1 aliphatic rings. The second-order valence-corrected chi connectivity index (χ2v) is 7.04. The van der Waals surface area contributed by atoms with Crippen molar-refractivity contribution in [2.24, 2.45) is 0 Å². The summed E-state index contributed by atoms with van der Waals surface area (Å²) in [6.07, 6.45) is 0. The number of nitrogens with one attached hydrogen (secondary N) is 1. The van der Waals surface area contributed by atoms with Crippen molar-refractivity contribution in [2.75, 3.05) is 36.4 Å². The molecule has 1 aliphatic heterocycles. The van der Waals surface area contributed by atoms with E-state index in [0.29, 0.717) is 18.1 Å². The van der Waals surface area contributed by atoms with Crippen LogP contribution in [0, 0.1) is 20.8 Å². The van der Waals surface area contributed by atoms with Gasteiger partial charge in [0.25, 0.3) is 0 Å². The number of carbonyl (C=O) groups is 1. The molecule has 0 spiro atoms. The maximum atomic E-state index is 12.5. The number of anilines is 2. The summed E-state index contributed by atoms with van der Waals surface area (Å²) in [6.45, 7) is 9.35. The van der Waals surface area contributed by atoms with Crippen LogP contribution in [0.2, 0.25) is 5.02 Å². The average Bonchev–Trinajstić information content (AvgIpc) is 2.58. The Kier molecular flexibility index (Phi) is 5.19. The zero-order valence-corrected chi connectivity index (χ0v) is 15.7. The molecule has 1 N–H and O–H groups in total. The zero-order chi connectivity index (χ0) is 18.0. The van der Waals surface area contributed by atoms with E-state index in [0.717, 1.165) is 24.3 Å². The number of amides is 2. The summed E-state index contributed by atoms with van der Waals surface area (Å²) in [4.78, 5) is 16.8.